The quantitative estimate of drug-likeness (QED) is 0.539. The number of nitrogen functional groups attached to an aromatic ring is 1. The number of rotatable bonds is 3. The zero-order valence-corrected chi connectivity index (χ0v) is 13.7. The van der Waals surface area contributed by atoms with E-state index in [9.17, 15) is 24.6 Å². The Kier molecular flexibility index (Phi) is 4.53. The number of furan rings is 1. The Morgan fingerprint density at radius 2 is 1.88 bits per heavy atom. The molecule has 2 heterocycles. The van der Waals surface area contributed by atoms with Crippen LogP contribution in [0.3, 0.4) is 0 Å². The number of aliphatic carboxylic acids is 1. The number of amides is 2. The van der Waals surface area contributed by atoms with Gasteiger partial charge < -0.3 is 30.2 Å². The van der Waals surface area contributed by atoms with Gasteiger partial charge in [-0.2, -0.15) is 0 Å². The molecule has 0 saturated carbocycles. The Morgan fingerprint density at radius 1 is 1.12 bits per heavy atom. The minimum Gasteiger partial charge on any atom is -0.505 e. The largest absolute Gasteiger partial charge is 0.505 e. The lowest BCUT2D eigenvalue weighted by atomic mass is 10.1. The minimum absolute atomic E-state index is 0.00348. The van der Waals surface area contributed by atoms with Crippen LogP contribution in [0.15, 0.2) is 41.0 Å². The highest BCUT2D eigenvalue weighted by molar-refractivity contribution is 6.01. The summed E-state index contributed by atoms with van der Waals surface area (Å²) in [5.74, 6) is -2.65. The molecule has 2 amide bonds. The number of aromatic hydroxyl groups is 1. The van der Waals surface area contributed by atoms with Crippen molar-refractivity contribution in [2.24, 2.45) is 0 Å². The molecule has 1 saturated heterocycles. The van der Waals surface area contributed by atoms with Crippen molar-refractivity contribution in [3.63, 3.8) is 0 Å². The monoisotopic (exact) mass is 359 g/mol. The summed E-state index contributed by atoms with van der Waals surface area (Å²) < 4.78 is 5.05. The number of carbonyl (C=O) groups excluding carboxylic acids is 2. The molecule has 26 heavy (non-hydrogen) atoms. The maximum absolute atomic E-state index is 12.7. The van der Waals surface area contributed by atoms with Crippen molar-refractivity contribution in [1.82, 2.24) is 9.80 Å². The van der Waals surface area contributed by atoms with Gasteiger partial charge in [0.1, 0.15) is 6.04 Å². The Labute approximate surface area is 148 Å². The predicted molar refractivity (Wildman–Crippen MR) is 89.6 cm³/mol. The van der Waals surface area contributed by atoms with Crippen molar-refractivity contribution in [2.75, 3.05) is 25.4 Å². The van der Waals surface area contributed by atoms with Crippen molar-refractivity contribution >= 4 is 23.5 Å². The molecule has 0 aliphatic carbocycles. The standard InChI is InChI=1S/C17H17N3O6/c18-11-4-1-3-10(14(11)21)15(22)20-7-6-19(9-12(20)17(24)25)16(23)13-5-2-8-26-13/h1-5,8,12,21H,6-7,9,18H2,(H,24,25). The number of hydrogen-bond donors (Lipinski definition) is 3. The number of piperazine rings is 1. The topological polar surface area (TPSA) is 137 Å². The van der Waals surface area contributed by atoms with Crippen LogP contribution >= 0.6 is 0 Å². The van der Waals surface area contributed by atoms with E-state index >= 15 is 0 Å². The first kappa shape index (κ1) is 17.3. The van der Waals surface area contributed by atoms with Crippen LogP contribution in [-0.4, -0.2) is 63.5 Å². The zero-order valence-electron chi connectivity index (χ0n) is 13.7. The number of phenolic OH excluding ortho intramolecular Hbond substituents is 1. The summed E-state index contributed by atoms with van der Waals surface area (Å²) >= 11 is 0. The fourth-order valence-electron chi connectivity index (χ4n) is 2.87. The number of anilines is 1. The summed E-state index contributed by atoms with van der Waals surface area (Å²) in [4.78, 5) is 39.2. The summed E-state index contributed by atoms with van der Waals surface area (Å²) in [7, 11) is 0. The molecule has 9 nitrogen and oxygen atoms in total. The normalized spacial score (nSPS) is 17.2. The number of carboxylic acids is 1. The van der Waals surface area contributed by atoms with Gasteiger partial charge in [-0.1, -0.05) is 6.07 Å². The van der Waals surface area contributed by atoms with E-state index in [2.05, 4.69) is 0 Å². The Bertz CT molecular complexity index is 848. The molecule has 9 heteroatoms. The number of hydrogen-bond acceptors (Lipinski definition) is 6. The number of benzene rings is 1. The van der Waals surface area contributed by atoms with Crippen LogP contribution in [0, 0.1) is 0 Å². The van der Waals surface area contributed by atoms with Crippen LogP contribution in [0.2, 0.25) is 0 Å². The number of nitrogens with zero attached hydrogens (tertiary/aromatic N) is 2. The molecule has 1 aliphatic heterocycles. The van der Waals surface area contributed by atoms with Gasteiger partial charge in [0.25, 0.3) is 11.8 Å². The molecule has 136 valence electrons. The summed E-state index contributed by atoms with van der Waals surface area (Å²) in [5, 5.41) is 19.5. The van der Waals surface area contributed by atoms with Crippen molar-refractivity contribution < 1.29 is 29.0 Å². The first-order valence-electron chi connectivity index (χ1n) is 7.84. The molecule has 3 rings (SSSR count). The summed E-state index contributed by atoms with van der Waals surface area (Å²) in [6.07, 6.45) is 1.35. The molecule has 1 fully saturated rings. The van der Waals surface area contributed by atoms with E-state index < -0.39 is 29.6 Å². The number of para-hydroxylation sites is 1. The average molecular weight is 359 g/mol. The highest BCUT2D eigenvalue weighted by Gasteiger charge is 2.38. The Hall–Kier alpha value is -3.49. The van der Waals surface area contributed by atoms with Gasteiger partial charge in [0, 0.05) is 13.1 Å². The van der Waals surface area contributed by atoms with Crippen molar-refractivity contribution in [3.8, 4) is 5.75 Å². The average Bonchev–Trinajstić information content (AvgIpc) is 3.17. The smallest absolute Gasteiger partial charge is 0.328 e. The highest BCUT2D eigenvalue weighted by Crippen LogP contribution is 2.27. The van der Waals surface area contributed by atoms with Gasteiger partial charge in [-0.05, 0) is 24.3 Å². The molecule has 2 aromatic rings. The van der Waals surface area contributed by atoms with Gasteiger partial charge in [-0.25, -0.2) is 4.79 Å². The van der Waals surface area contributed by atoms with Crippen LogP contribution in [-0.2, 0) is 4.79 Å². The highest BCUT2D eigenvalue weighted by atomic mass is 16.4. The molecule has 0 spiro atoms. The molecule has 1 atom stereocenters. The first-order valence-corrected chi connectivity index (χ1v) is 7.84. The Balaban J connectivity index is 1.83. The SMILES string of the molecule is Nc1cccc(C(=O)N2CCN(C(=O)c3ccco3)CC2C(=O)O)c1O. The van der Waals surface area contributed by atoms with E-state index in [1.807, 2.05) is 0 Å². The second-order valence-corrected chi connectivity index (χ2v) is 5.82. The molecule has 0 bridgehead atoms. The second-order valence-electron chi connectivity index (χ2n) is 5.82. The van der Waals surface area contributed by atoms with E-state index in [1.165, 1.54) is 35.4 Å². The van der Waals surface area contributed by atoms with E-state index in [1.54, 1.807) is 6.07 Å². The number of phenols is 1. The van der Waals surface area contributed by atoms with Crippen molar-refractivity contribution in [1.29, 1.82) is 0 Å². The molecular formula is C17H17N3O6. The maximum atomic E-state index is 12.7. The number of carboxylic acid groups (broad SMARTS) is 1. The maximum Gasteiger partial charge on any atom is 0.328 e. The lowest BCUT2D eigenvalue weighted by Crippen LogP contribution is -2.59. The molecular weight excluding hydrogens is 342 g/mol. The van der Waals surface area contributed by atoms with Crippen LogP contribution < -0.4 is 5.73 Å². The van der Waals surface area contributed by atoms with Crippen LogP contribution in [0.4, 0.5) is 5.69 Å². The van der Waals surface area contributed by atoms with Gasteiger partial charge in [-0.15, -0.1) is 0 Å². The third kappa shape index (κ3) is 3.06. The Morgan fingerprint density at radius 3 is 2.54 bits per heavy atom. The van der Waals surface area contributed by atoms with Crippen LogP contribution in [0.5, 0.6) is 5.75 Å². The van der Waals surface area contributed by atoms with Gasteiger partial charge in [0.2, 0.25) is 0 Å². The van der Waals surface area contributed by atoms with E-state index in [0.717, 1.165) is 4.90 Å². The van der Waals surface area contributed by atoms with Crippen molar-refractivity contribution in [2.45, 2.75) is 6.04 Å². The van der Waals surface area contributed by atoms with Gasteiger partial charge in [-0.3, -0.25) is 9.59 Å². The number of carbonyl (C=O) groups is 3. The lowest BCUT2D eigenvalue weighted by Gasteiger charge is -2.39. The fourth-order valence-corrected chi connectivity index (χ4v) is 2.87. The van der Waals surface area contributed by atoms with Crippen LogP contribution in [0.1, 0.15) is 20.9 Å². The van der Waals surface area contributed by atoms with Gasteiger partial charge >= 0.3 is 5.97 Å². The van der Waals surface area contributed by atoms with E-state index in [4.69, 9.17) is 10.2 Å². The minimum atomic E-state index is -1.25. The van der Waals surface area contributed by atoms with E-state index in [0.29, 0.717) is 0 Å². The molecule has 1 unspecified atom stereocenters. The third-order valence-electron chi connectivity index (χ3n) is 4.24. The summed E-state index contributed by atoms with van der Waals surface area (Å²) in [5.41, 5.74) is 5.54. The van der Waals surface area contributed by atoms with Gasteiger partial charge in [0.05, 0.1) is 24.1 Å². The first-order chi connectivity index (χ1) is 12.4. The van der Waals surface area contributed by atoms with Crippen molar-refractivity contribution in [3.05, 3.63) is 47.9 Å². The molecule has 4 N–H and O–H groups in total. The second kappa shape index (κ2) is 6.79. The number of nitrogens with two attached hydrogens (primary N) is 1. The molecule has 0 radical (unpaired) electrons. The molecule has 1 aromatic heterocycles. The summed E-state index contributed by atoms with van der Waals surface area (Å²) in [6.45, 7) is -0.0572. The third-order valence-corrected chi connectivity index (χ3v) is 4.24. The van der Waals surface area contributed by atoms with Gasteiger partial charge in [0.15, 0.2) is 11.5 Å². The predicted octanol–water partition coefficient (Wildman–Crippen LogP) is 0.619. The molecule has 1 aliphatic rings. The van der Waals surface area contributed by atoms with Crippen LogP contribution in [0.25, 0.3) is 0 Å². The summed E-state index contributed by atoms with van der Waals surface area (Å²) in [6, 6.07) is 6.09. The molecule has 1 aromatic carbocycles. The fraction of sp³-hybridized carbons (Fsp3) is 0.235. The zero-order chi connectivity index (χ0) is 18.8. The lowest BCUT2D eigenvalue weighted by molar-refractivity contribution is -0.144. The van der Waals surface area contributed by atoms with E-state index in [-0.39, 0.29) is 36.6 Å².